The van der Waals surface area contributed by atoms with Crippen LogP contribution >= 0.6 is 27.5 Å². The molecule has 0 bridgehead atoms. The summed E-state index contributed by atoms with van der Waals surface area (Å²) in [5.74, 6) is 1.42. The van der Waals surface area contributed by atoms with Crippen molar-refractivity contribution in [2.24, 2.45) is 0 Å². The van der Waals surface area contributed by atoms with Crippen LogP contribution in [0.15, 0.2) is 40.9 Å². The minimum absolute atomic E-state index is 0.0168. The van der Waals surface area contributed by atoms with Crippen molar-refractivity contribution in [3.8, 4) is 11.5 Å². The molecule has 104 valence electrons. The van der Waals surface area contributed by atoms with Crippen LogP contribution in [0.25, 0.3) is 0 Å². The summed E-state index contributed by atoms with van der Waals surface area (Å²) in [6.07, 6.45) is 0.850. The van der Waals surface area contributed by atoms with E-state index in [2.05, 4.69) is 15.9 Å². The number of carbonyl (C=O) groups excluding carboxylic acids is 1. The van der Waals surface area contributed by atoms with Gasteiger partial charge in [0.15, 0.2) is 5.78 Å². The van der Waals surface area contributed by atoms with Crippen molar-refractivity contribution in [2.45, 2.75) is 20.3 Å². The lowest BCUT2D eigenvalue weighted by molar-refractivity contribution is 0.101. The summed E-state index contributed by atoms with van der Waals surface area (Å²) in [6, 6.07) is 10.9. The normalized spacial score (nSPS) is 10.4. The fourth-order valence-corrected chi connectivity index (χ4v) is 2.75. The Labute approximate surface area is 131 Å². The van der Waals surface area contributed by atoms with Gasteiger partial charge in [0.25, 0.3) is 0 Å². The number of hydrogen-bond donors (Lipinski definition) is 0. The van der Waals surface area contributed by atoms with E-state index in [0.29, 0.717) is 11.3 Å². The zero-order valence-corrected chi connectivity index (χ0v) is 13.6. The van der Waals surface area contributed by atoms with Gasteiger partial charge in [-0.3, -0.25) is 4.79 Å². The van der Waals surface area contributed by atoms with Crippen LogP contribution in [0.5, 0.6) is 11.5 Å². The molecular weight excluding hydrogens is 340 g/mol. The minimum atomic E-state index is 0.0168. The van der Waals surface area contributed by atoms with Gasteiger partial charge in [-0.25, -0.2) is 0 Å². The number of rotatable bonds is 4. The van der Waals surface area contributed by atoms with E-state index in [1.165, 1.54) is 6.92 Å². The molecule has 0 unspecified atom stereocenters. The molecule has 2 nitrogen and oxygen atoms in total. The van der Waals surface area contributed by atoms with Gasteiger partial charge < -0.3 is 4.74 Å². The molecule has 0 spiro atoms. The molecule has 0 aromatic heterocycles. The molecule has 2 aromatic carbocycles. The van der Waals surface area contributed by atoms with E-state index in [1.54, 1.807) is 18.2 Å². The van der Waals surface area contributed by atoms with Gasteiger partial charge in [-0.1, -0.05) is 18.5 Å². The van der Waals surface area contributed by atoms with Gasteiger partial charge in [-0.15, -0.1) is 0 Å². The SMILES string of the molecule is CCc1cc(Oc2ccc(C(C)=O)c(Br)c2)ccc1Cl. The topological polar surface area (TPSA) is 26.3 Å². The van der Waals surface area contributed by atoms with Crippen LogP contribution < -0.4 is 4.74 Å². The van der Waals surface area contributed by atoms with Crippen molar-refractivity contribution in [3.05, 3.63) is 57.0 Å². The molecule has 0 fully saturated rings. The summed E-state index contributed by atoms with van der Waals surface area (Å²) in [6.45, 7) is 3.58. The van der Waals surface area contributed by atoms with E-state index in [1.807, 2.05) is 25.1 Å². The van der Waals surface area contributed by atoms with Crippen LogP contribution in [-0.2, 0) is 6.42 Å². The van der Waals surface area contributed by atoms with E-state index in [0.717, 1.165) is 27.2 Å². The second-order valence-corrected chi connectivity index (χ2v) is 5.67. The second kappa shape index (κ2) is 6.42. The largest absolute Gasteiger partial charge is 0.457 e. The fourth-order valence-electron chi connectivity index (χ4n) is 1.87. The Balaban J connectivity index is 2.26. The average molecular weight is 354 g/mol. The number of benzene rings is 2. The van der Waals surface area contributed by atoms with Gasteiger partial charge in [0.05, 0.1) is 0 Å². The van der Waals surface area contributed by atoms with Gasteiger partial charge in [0, 0.05) is 15.1 Å². The van der Waals surface area contributed by atoms with Gasteiger partial charge in [0.1, 0.15) is 11.5 Å². The maximum absolute atomic E-state index is 11.4. The van der Waals surface area contributed by atoms with Crippen molar-refractivity contribution in [1.82, 2.24) is 0 Å². The highest BCUT2D eigenvalue weighted by Crippen LogP contribution is 2.29. The molecule has 4 heteroatoms. The predicted octanol–water partition coefficient (Wildman–Crippen LogP) is 5.66. The Hall–Kier alpha value is -1.32. The second-order valence-electron chi connectivity index (χ2n) is 4.41. The van der Waals surface area contributed by atoms with Crippen LogP contribution in [0.3, 0.4) is 0 Å². The van der Waals surface area contributed by atoms with E-state index >= 15 is 0 Å². The first-order valence-electron chi connectivity index (χ1n) is 6.28. The first-order chi connectivity index (χ1) is 9.51. The number of carbonyl (C=O) groups is 1. The van der Waals surface area contributed by atoms with Crippen LogP contribution in [-0.4, -0.2) is 5.78 Å². The van der Waals surface area contributed by atoms with Crippen LogP contribution in [0.2, 0.25) is 5.02 Å². The first kappa shape index (κ1) is 15.1. The Kier molecular flexibility index (Phi) is 4.84. The Morgan fingerprint density at radius 2 is 1.85 bits per heavy atom. The molecule has 0 atom stereocenters. The number of ether oxygens (including phenoxy) is 1. The van der Waals surface area contributed by atoms with Crippen molar-refractivity contribution in [1.29, 1.82) is 0 Å². The highest BCUT2D eigenvalue weighted by molar-refractivity contribution is 9.10. The number of ketones is 1. The molecule has 2 aromatic rings. The Bertz CT molecular complexity index is 653. The third-order valence-corrected chi connectivity index (χ3v) is 3.98. The number of aryl methyl sites for hydroxylation is 1. The summed E-state index contributed by atoms with van der Waals surface area (Å²) in [5, 5.41) is 0.743. The summed E-state index contributed by atoms with van der Waals surface area (Å²) < 4.78 is 6.52. The zero-order valence-electron chi connectivity index (χ0n) is 11.2. The smallest absolute Gasteiger partial charge is 0.160 e. The number of hydrogen-bond acceptors (Lipinski definition) is 2. The highest BCUT2D eigenvalue weighted by atomic mass is 79.9. The van der Waals surface area contributed by atoms with Gasteiger partial charge >= 0.3 is 0 Å². The van der Waals surface area contributed by atoms with Gasteiger partial charge in [-0.2, -0.15) is 0 Å². The fraction of sp³-hybridized carbons (Fsp3) is 0.188. The lowest BCUT2D eigenvalue weighted by atomic mass is 10.1. The molecule has 0 heterocycles. The standard InChI is InChI=1S/C16H14BrClO2/c1-3-11-8-12(5-7-16(11)18)20-13-4-6-14(10(2)19)15(17)9-13/h4-9H,3H2,1-2H3. The Morgan fingerprint density at radius 1 is 1.20 bits per heavy atom. The summed E-state index contributed by atoms with van der Waals surface area (Å²) in [4.78, 5) is 11.4. The molecular formula is C16H14BrClO2. The first-order valence-corrected chi connectivity index (χ1v) is 7.45. The quantitative estimate of drug-likeness (QED) is 0.663. The Morgan fingerprint density at radius 3 is 2.45 bits per heavy atom. The summed E-state index contributed by atoms with van der Waals surface area (Å²) in [5.41, 5.74) is 1.69. The van der Waals surface area contributed by atoms with E-state index in [4.69, 9.17) is 16.3 Å². The third-order valence-electron chi connectivity index (χ3n) is 2.95. The summed E-state index contributed by atoms with van der Waals surface area (Å²) >= 11 is 9.46. The lowest BCUT2D eigenvalue weighted by Crippen LogP contribution is -1.94. The third kappa shape index (κ3) is 3.41. The minimum Gasteiger partial charge on any atom is -0.457 e. The summed E-state index contributed by atoms with van der Waals surface area (Å²) in [7, 11) is 0. The molecule has 0 aliphatic carbocycles. The molecule has 0 saturated heterocycles. The lowest BCUT2D eigenvalue weighted by Gasteiger charge is -2.09. The molecule has 0 aliphatic rings. The van der Waals surface area contributed by atoms with Crippen molar-refractivity contribution in [2.75, 3.05) is 0 Å². The van der Waals surface area contributed by atoms with Gasteiger partial charge in [0.2, 0.25) is 0 Å². The van der Waals surface area contributed by atoms with E-state index in [9.17, 15) is 4.79 Å². The molecule has 20 heavy (non-hydrogen) atoms. The molecule has 0 amide bonds. The van der Waals surface area contributed by atoms with Gasteiger partial charge in [-0.05, 0) is 71.2 Å². The predicted molar refractivity (Wildman–Crippen MR) is 85.1 cm³/mol. The molecule has 0 saturated carbocycles. The van der Waals surface area contributed by atoms with E-state index in [-0.39, 0.29) is 5.78 Å². The average Bonchev–Trinajstić information content (AvgIpc) is 2.40. The van der Waals surface area contributed by atoms with Crippen LogP contribution in [0, 0.1) is 0 Å². The highest BCUT2D eigenvalue weighted by Gasteiger charge is 2.08. The molecule has 2 rings (SSSR count). The van der Waals surface area contributed by atoms with Crippen LogP contribution in [0.4, 0.5) is 0 Å². The molecule has 0 aliphatic heterocycles. The van der Waals surface area contributed by atoms with Crippen molar-refractivity contribution < 1.29 is 9.53 Å². The zero-order chi connectivity index (χ0) is 14.7. The monoisotopic (exact) mass is 352 g/mol. The number of halogens is 2. The molecule has 0 N–H and O–H groups in total. The van der Waals surface area contributed by atoms with Crippen molar-refractivity contribution >= 4 is 33.3 Å². The molecule has 0 radical (unpaired) electrons. The van der Waals surface area contributed by atoms with E-state index < -0.39 is 0 Å². The van der Waals surface area contributed by atoms with Crippen LogP contribution in [0.1, 0.15) is 29.8 Å². The maximum Gasteiger partial charge on any atom is 0.160 e. The maximum atomic E-state index is 11.4. The number of Topliss-reactive ketones (excluding diaryl/α,β-unsaturated/α-hetero) is 1. The van der Waals surface area contributed by atoms with Crippen molar-refractivity contribution in [3.63, 3.8) is 0 Å².